The van der Waals surface area contributed by atoms with Gasteiger partial charge in [-0.3, -0.25) is 0 Å². The van der Waals surface area contributed by atoms with Gasteiger partial charge in [-0.05, 0) is 54.4 Å². The highest BCUT2D eigenvalue weighted by Gasteiger charge is 2.16. The maximum atomic E-state index is 6.07. The lowest BCUT2D eigenvalue weighted by Gasteiger charge is -2.23. The van der Waals surface area contributed by atoms with Gasteiger partial charge in [0, 0.05) is 6.04 Å². The third-order valence-electron chi connectivity index (χ3n) is 3.55. The fraction of sp³-hybridized carbons (Fsp3) is 0.625. The molecule has 0 aromatic heterocycles. The van der Waals surface area contributed by atoms with E-state index in [9.17, 15) is 0 Å². The summed E-state index contributed by atoms with van der Waals surface area (Å²) in [6.45, 7) is 13.4. The minimum Gasteiger partial charge on any atom is -0.327 e. The summed E-state index contributed by atoms with van der Waals surface area (Å²) in [5.74, 6) is 0. The molecule has 0 spiro atoms. The summed E-state index contributed by atoms with van der Waals surface area (Å²) in [6, 6.07) is 4.93. The summed E-state index contributed by atoms with van der Waals surface area (Å²) in [5, 5.41) is 0. The first-order valence-electron chi connectivity index (χ1n) is 6.62. The Bertz CT molecular complexity index is 362. The number of hydrogen-bond acceptors (Lipinski definition) is 1. The van der Waals surface area contributed by atoms with Crippen LogP contribution in [0.15, 0.2) is 12.1 Å². The van der Waals surface area contributed by atoms with Gasteiger partial charge in [-0.25, -0.2) is 0 Å². The number of aryl methyl sites for hydroxylation is 2. The van der Waals surface area contributed by atoms with Crippen LogP contribution in [-0.2, 0) is 11.8 Å². The molecule has 0 bridgehead atoms. The molecule has 0 aliphatic heterocycles. The number of rotatable bonds is 3. The summed E-state index contributed by atoms with van der Waals surface area (Å²) in [5.41, 5.74) is 11.9. The molecule has 1 atom stereocenters. The van der Waals surface area contributed by atoms with E-state index in [1.165, 1.54) is 22.3 Å². The van der Waals surface area contributed by atoms with Crippen LogP contribution in [0.3, 0.4) is 0 Å². The molecule has 2 N–H and O–H groups in total. The normalized spacial score (nSPS) is 13.8. The molecule has 96 valence electrons. The zero-order valence-electron chi connectivity index (χ0n) is 12.2. The number of nitrogens with two attached hydrogens (primary N) is 1. The van der Waals surface area contributed by atoms with Crippen molar-refractivity contribution in [2.24, 2.45) is 5.73 Å². The molecule has 0 aliphatic rings. The van der Waals surface area contributed by atoms with E-state index >= 15 is 0 Å². The summed E-state index contributed by atoms with van der Waals surface area (Å²) in [6.07, 6.45) is 2.04. The van der Waals surface area contributed by atoms with Gasteiger partial charge in [-0.15, -0.1) is 0 Å². The minimum absolute atomic E-state index is 0.223. The van der Waals surface area contributed by atoms with Gasteiger partial charge < -0.3 is 5.73 Å². The fourth-order valence-corrected chi connectivity index (χ4v) is 2.15. The van der Waals surface area contributed by atoms with Crippen LogP contribution in [0.25, 0.3) is 0 Å². The van der Waals surface area contributed by atoms with Gasteiger partial charge >= 0.3 is 0 Å². The molecule has 1 nitrogen and oxygen atoms in total. The largest absolute Gasteiger partial charge is 0.327 e. The van der Waals surface area contributed by atoms with Crippen LogP contribution in [0, 0.1) is 13.8 Å². The van der Waals surface area contributed by atoms with E-state index in [4.69, 9.17) is 5.73 Å². The van der Waals surface area contributed by atoms with E-state index in [2.05, 4.69) is 53.7 Å². The first-order valence-corrected chi connectivity index (χ1v) is 6.62. The van der Waals surface area contributed by atoms with Crippen LogP contribution < -0.4 is 5.73 Å². The molecule has 0 radical (unpaired) electrons. The van der Waals surface area contributed by atoms with Crippen LogP contribution in [0.1, 0.15) is 56.4 Å². The standard InChI is InChI=1S/C16H27N/c1-7-14(17)10-15-11(2)8-13(9-12(15)3)16(4,5)6/h8-9,14H,7,10,17H2,1-6H3. The third kappa shape index (κ3) is 3.57. The van der Waals surface area contributed by atoms with Crippen molar-refractivity contribution in [1.29, 1.82) is 0 Å². The molecule has 17 heavy (non-hydrogen) atoms. The maximum Gasteiger partial charge on any atom is 0.00768 e. The molecular weight excluding hydrogens is 206 g/mol. The molecule has 1 unspecified atom stereocenters. The topological polar surface area (TPSA) is 26.0 Å². The lowest BCUT2D eigenvalue weighted by atomic mass is 9.83. The summed E-state index contributed by atoms with van der Waals surface area (Å²) >= 11 is 0. The molecule has 1 aromatic rings. The Morgan fingerprint density at radius 1 is 1.12 bits per heavy atom. The Hall–Kier alpha value is -0.820. The second-order valence-corrected chi connectivity index (χ2v) is 6.21. The molecule has 0 amide bonds. The van der Waals surface area contributed by atoms with Crippen LogP contribution in [0.5, 0.6) is 0 Å². The molecule has 1 rings (SSSR count). The number of hydrogen-bond donors (Lipinski definition) is 1. The van der Waals surface area contributed by atoms with Crippen molar-refractivity contribution < 1.29 is 0 Å². The van der Waals surface area contributed by atoms with E-state index in [0.29, 0.717) is 0 Å². The molecule has 0 aliphatic carbocycles. The zero-order valence-corrected chi connectivity index (χ0v) is 12.2. The summed E-state index contributed by atoms with van der Waals surface area (Å²) in [4.78, 5) is 0. The van der Waals surface area contributed by atoms with Crippen LogP contribution >= 0.6 is 0 Å². The SMILES string of the molecule is CCC(N)Cc1c(C)cc(C(C)(C)C)cc1C. The monoisotopic (exact) mass is 233 g/mol. The Labute approximate surface area is 106 Å². The van der Waals surface area contributed by atoms with Crippen molar-refractivity contribution in [3.05, 3.63) is 34.4 Å². The van der Waals surface area contributed by atoms with E-state index in [1.54, 1.807) is 0 Å². The van der Waals surface area contributed by atoms with Gasteiger partial charge in [0.1, 0.15) is 0 Å². The molecule has 0 heterocycles. The highest BCUT2D eigenvalue weighted by molar-refractivity contribution is 5.40. The van der Waals surface area contributed by atoms with Gasteiger partial charge in [0.2, 0.25) is 0 Å². The Morgan fingerprint density at radius 3 is 1.94 bits per heavy atom. The first-order chi connectivity index (χ1) is 7.75. The Kier molecular flexibility index (Phi) is 4.37. The van der Waals surface area contributed by atoms with Gasteiger partial charge in [0.05, 0.1) is 0 Å². The van der Waals surface area contributed by atoms with Gasteiger partial charge in [0.15, 0.2) is 0 Å². The second kappa shape index (κ2) is 5.22. The van der Waals surface area contributed by atoms with Crippen molar-refractivity contribution in [2.45, 2.75) is 65.8 Å². The Balaban J connectivity index is 3.11. The van der Waals surface area contributed by atoms with Crippen molar-refractivity contribution in [3.63, 3.8) is 0 Å². The molecular formula is C16H27N. The van der Waals surface area contributed by atoms with Gasteiger partial charge in [-0.1, -0.05) is 39.8 Å². The van der Waals surface area contributed by atoms with Crippen LogP contribution in [0.2, 0.25) is 0 Å². The van der Waals surface area contributed by atoms with E-state index < -0.39 is 0 Å². The Morgan fingerprint density at radius 2 is 1.59 bits per heavy atom. The molecule has 0 saturated heterocycles. The molecule has 1 heteroatoms. The first kappa shape index (κ1) is 14.2. The van der Waals surface area contributed by atoms with Gasteiger partial charge in [-0.2, -0.15) is 0 Å². The predicted octanol–water partition coefficient (Wildman–Crippen LogP) is 3.88. The lowest BCUT2D eigenvalue weighted by Crippen LogP contribution is -2.23. The van der Waals surface area contributed by atoms with E-state index in [0.717, 1.165) is 12.8 Å². The van der Waals surface area contributed by atoms with Crippen molar-refractivity contribution in [1.82, 2.24) is 0 Å². The average molecular weight is 233 g/mol. The van der Waals surface area contributed by atoms with E-state index in [1.807, 2.05) is 0 Å². The average Bonchev–Trinajstić information content (AvgIpc) is 2.21. The van der Waals surface area contributed by atoms with E-state index in [-0.39, 0.29) is 11.5 Å². The summed E-state index contributed by atoms with van der Waals surface area (Å²) < 4.78 is 0. The highest BCUT2D eigenvalue weighted by Crippen LogP contribution is 2.27. The summed E-state index contributed by atoms with van der Waals surface area (Å²) in [7, 11) is 0. The highest BCUT2D eigenvalue weighted by atomic mass is 14.6. The molecule has 0 saturated carbocycles. The minimum atomic E-state index is 0.223. The van der Waals surface area contributed by atoms with Crippen molar-refractivity contribution in [2.75, 3.05) is 0 Å². The second-order valence-electron chi connectivity index (χ2n) is 6.21. The van der Waals surface area contributed by atoms with Crippen molar-refractivity contribution >= 4 is 0 Å². The maximum absolute atomic E-state index is 6.07. The molecule has 1 aromatic carbocycles. The molecule has 0 fully saturated rings. The van der Waals surface area contributed by atoms with Gasteiger partial charge in [0.25, 0.3) is 0 Å². The predicted molar refractivity (Wildman–Crippen MR) is 76.6 cm³/mol. The lowest BCUT2D eigenvalue weighted by molar-refractivity contribution is 0.587. The van der Waals surface area contributed by atoms with Crippen LogP contribution in [-0.4, -0.2) is 6.04 Å². The third-order valence-corrected chi connectivity index (χ3v) is 3.55. The number of benzene rings is 1. The zero-order chi connectivity index (χ0) is 13.2. The fourth-order valence-electron chi connectivity index (χ4n) is 2.15. The smallest absolute Gasteiger partial charge is 0.00768 e. The quantitative estimate of drug-likeness (QED) is 0.842. The van der Waals surface area contributed by atoms with Crippen LogP contribution in [0.4, 0.5) is 0 Å². The van der Waals surface area contributed by atoms with Crippen molar-refractivity contribution in [3.8, 4) is 0 Å².